The van der Waals surface area contributed by atoms with Crippen LogP contribution in [0.1, 0.15) is 33.3 Å². The van der Waals surface area contributed by atoms with Gasteiger partial charge in [-0.05, 0) is 38.7 Å². The van der Waals surface area contributed by atoms with Crippen LogP contribution in [-0.2, 0) is 18.0 Å². The zero-order valence-corrected chi connectivity index (χ0v) is 17.9. The summed E-state index contributed by atoms with van der Waals surface area (Å²) in [5.74, 6) is 1.20. The van der Waals surface area contributed by atoms with Gasteiger partial charge in [0.25, 0.3) is 0 Å². The molecule has 30 heavy (non-hydrogen) atoms. The number of carbonyl (C=O) groups excluding carboxylic acids is 1. The number of nitrogens with one attached hydrogen (secondary N) is 1. The maximum absolute atomic E-state index is 13.0. The van der Waals surface area contributed by atoms with Gasteiger partial charge in [0, 0.05) is 13.2 Å². The molecule has 1 N–H and O–H groups in total. The molecule has 0 aliphatic carbocycles. The Morgan fingerprint density at radius 3 is 2.57 bits per heavy atom. The standard InChI is InChI=1S/C18H21F3N6O2S/c1-6-30-13-12(24-26(5)15(13)23-16(28)29-17(2,3)4)14-22-11-9-10(18(19,20)21)7-8-27(11)25-14/h7-9H,6H2,1-5H3,(H,23,28). The van der Waals surface area contributed by atoms with Crippen molar-refractivity contribution in [3.8, 4) is 11.5 Å². The van der Waals surface area contributed by atoms with Crippen LogP contribution in [-0.4, -0.2) is 41.8 Å². The van der Waals surface area contributed by atoms with Crippen molar-refractivity contribution in [2.24, 2.45) is 7.05 Å². The molecule has 0 atom stereocenters. The third kappa shape index (κ3) is 4.69. The van der Waals surface area contributed by atoms with Gasteiger partial charge in [0.15, 0.2) is 5.65 Å². The van der Waals surface area contributed by atoms with E-state index in [9.17, 15) is 18.0 Å². The van der Waals surface area contributed by atoms with E-state index in [0.29, 0.717) is 22.2 Å². The molecule has 0 fully saturated rings. The average Bonchev–Trinajstić information content (AvgIpc) is 3.15. The molecule has 0 aliphatic rings. The van der Waals surface area contributed by atoms with Crippen LogP contribution in [0.5, 0.6) is 0 Å². The van der Waals surface area contributed by atoms with Gasteiger partial charge in [-0.25, -0.2) is 14.3 Å². The van der Waals surface area contributed by atoms with Crippen molar-refractivity contribution in [2.75, 3.05) is 11.1 Å². The maximum Gasteiger partial charge on any atom is 0.416 e. The molecule has 8 nitrogen and oxygen atoms in total. The molecule has 0 saturated heterocycles. The van der Waals surface area contributed by atoms with E-state index in [0.717, 1.165) is 12.1 Å². The van der Waals surface area contributed by atoms with Gasteiger partial charge in [-0.15, -0.1) is 16.9 Å². The van der Waals surface area contributed by atoms with Crippen LogP contribution < -0.4 is 5.32 Å². The first-order valence-corrected chi connectivity index (χ1v) is 10.0. The van der Waals surface area contributed by atoms with Crippen LogP contribution >= 0.6 is 11.8 Å². The van der Waals surface area contributed by atoms with Crippen molar-refractivity contribution in [2.45, 2.75) is 44.4 Å². The third-order valence-corrected chi connectivity index (χ3v) is 4.75. The molecular formula is C18H21F3N6O2S. The summed E-state index contributed by atoms with van der Waals surface area (Å²) in [6.45, 7) is 7.17. The lowest BCUT2D eigenvalue weighted by Gasteiger charge is -2.20. The van der Waals surface area contributed by atoms with Gasteiger partial charge in [-0.1, -0.05) is 6.92 Å². The monoisotopic (exact) mass is 442 g/mol. The Balaban J connectivity index is 2.02. The number of alkyl halides is 3. The van der Waals surface area contributed by atoms with Gasteiger partial charge in [0.2, 0.25) is 5.82 Å². The molecule has 0 spiro atoms. The second kappa shape index (κ2) is 7.82. The van der Waals surface area contributed by atoms with Crippen molar-refractivity contribution >= 4 is 29.3 Å². The number of aromatic nitrogens is 5. The van der Waals surface area contributed by atoms with E-state index in [1.54, 1.807) is 27.8 Å². The van der Waals surface area contributed by atoms with Gasteiger partial charge in [0.1, 0.15) is 17.1 Å². The van der Waals surface area contributed by atoms with Crippen LogP contribution in [0.2, 0.25) is 0 Å². The molecule has 0 aromatic carbocycles. The minimum Gasteiger partial charge on any atom is -0.444 e. The van der Waals surface area contributed by atoms with Crippen molar-refractivity contribution in [3.63, 3.8) is 0 Å². The van der Waals surface area contributed by atoms with Crippen molar-refractivity contribution < 1.29 is 22.7 Å². The number of fused-ring (bicyclic) bond motifs is 1. The van der Waals surface area contributed by atoms with Crippen molar-refractivity contribution in [3.05, 3.63) is 23.9 Å². The van der Waals surface area contributed by atoms with Crippen LogP contribution in [0, 0.1) is 0 Å². The zero-order chi connectivity index (χ0) is 22.3. The van der Waals surface area contributed by atoms with Gasteiger partial charge >= 0.3 is 12.3 Å². The first-order chi connectivity index (χ1) is 13.9. The number of pyridine rings is 1. The number of aryl methyl sites for hydroxylation is 1. The predicted molar refractivity (Wildman–Crippen MR) is 106 cm³/mol. The van der Waals surface area contributed by atoms with E-state index >= 15 is 0 Å². The molecule has 3 aromatic rings. The normalized spacial score (nSPS) is 12.4. The Hall–Kier alpha value is -2.76. The highest BCUT2D eigenvalue weighted by atomic mass is 32.2. The van der Waals surface area contributed by atoms with Crippen LogP contribution in [0.3, 0.4) is 0 Å². The zero-order valence-electron chi connectivity index (χ0n) is 17.0. The molecule has 0 bridgehead atoms. The van der Waals surface area contributed by atoms with E-state index in [1.165, 1.54) is 27.2 Å². The maximum atomic E-state index is 13.0. The summed E-state index contributed by atoms with van der Waals surface area (Å²) < 4.78 is 46.9. The number of amides is 1. The minimum absolute atomic E-state index is 0.0413. The molecule has 0 unspecified atom stereocenters. The lowest BCUT2D eigenvalue weighted by atomic mass is 10.2. The largest absolute Gasteiger partial charge is 0.444 e. The summed E-state index contributed by atoms with van der Waals surface area (Å²) in [6.07, 6.45) is -3.93. The number of hydrogen-bond acceptors (Lipinski definition) is 6. The van der Waals surface area contributed by atoms with Crippen LogP contribution in [0.25, 0.3) is 17.2 Å². The number of carbonyl (C=O) groups is 1. The molecule has 0 aliphatic heterocycles. The van der Waals surface area contributed by atoms with Crippen molar-refractivity contribution in [1.29, 1.82) is 0 Å². The van der Waals surface area contributed by atoms with E-state index < -0.39 is 23.4 Å². The van der Waals surface area contributed by atoms with Crippen molar-refractivity contribution in [1.82, 2.24) is 24.4 Å². The molecule has 3 aromatic heterocycles. The quantitative estimate of drug-likeness (QED) is 0.594. The topological polar surface area (TPSA) is 86.3 Å². The number of rotatable bonds is 4. The summed E-state index contributed by atoms with van der Waals surface area (Å²) in [7, 11) is 1.63. The number of anilines is 1. The minimum atomic E-state index is -4.48. The Labute approximate surface area is 174 Å². The molecular weight excluding hydrogens is 421 g/mol. The van der Waals surface area contributed by atoms with Crippen LogP contribution in [0.15, 0.2) is 23.2 Å². The first-order valence-electron chi connectivity index (χ1n) is 9.03. The number of ether oxygens (including phenoxy) is 1. The fraction of sp³-hybridized carbons (Fsp3) is 0.444. The molecule has 12 heteroatoms. The number of nitrogens with zero attached hydrogens (tertiary/aromatic N) is 5. The van der Waals surface area contributed by atoms with E-state index in [-0.39, 0.29) is 11.5 Å². The first kappa shape index (κ1) is 21.9. The molecule has 1 amide bonds. The molecule has 3 rings (SSSR count). The van der Waals surface area contributed by atoms with Crippen LogP contribution in [0.4, 0.5) is 23.8 Å². The van der Waals surface area contributed by atoms with E-state index in [4.69, 9.17) is 4.74 Å². The summed E-state index contributed by atoms with van der Waals surface area (Å²) in [6, 6.07) is 1.85. The average molecular weight is 442 g/mol. The van der Waals surface area contributed by atoms with Gasteiger partial charge < -0.3 is 4.74 Å². The molecule has 3 heterocycles. The smallest absolute Gasteiger partial charge is 0.416 e. The SMILES string of the molecule is CCSc1c(-c2nc3cc(C(F)(F)F)ccn3n2)nn(C)c1NC(=O)OC(C)(C)C. The summed E-state index contributed by atoms with van der Waals surface area (Å²) in [5, 5.41) is 11.3. The highest BCUT2D eigenvalue weighted by Crippen LogP contribution is 2.36. The summed E-state index contributed by atoms with van der Waals surface area (Å²) >= 11 is 1.40. The molecule has 0 saturated carbocycles. The summed E-state index contributed by atoms with van der Waals surface area (Å²) in [4.78, 5) is 17.0. The van der Waals surface area contributed by atoms with E-state index in [1.807, 2.05) is 6.92 Å². The fourth-order valence-electron chi connectivity index (χ4n) is 2.63. The Morgan fingerprint density at radius 1 is 1.27 bits per heavy atom. The second-order valence-electron chi connectivity index (χ2n) is 7.36. The fourth-order valence-corrected chi connectivity index (χ4v) is 3.51. The van der Waals surface area contributed by atoms with Gasteiger partial charge in [-0.3, -0.25) is 10.00 Å². The van der Waals surface area contributed by atoms with Gasteiger partial charge in [-0.2, -0.15) is 18.3 Å². The molecule has 162 valence electrons. The Bertz CT molecular complexity index is 1080. The summed E-state index contributed by atoms with van der Waals surface area (Å²) in [5.41, 5.74) is -1.10. The van der Waals surface area contributed by atoms with E-state index in [2.05, 4.69) is 20.5 Å². The number of thioether (sulfide) groups is 1. The predicted octanol–water partition coefficient (Wildman–Crippen LogP) is 4.61. The highest BCUT2D eigenvalue weighted by Gasteiger charge is 2.31. The lowest BCUT2D eigenvalue weighted by molar-refractivity contribution is -0.137. The lowest BCUT2D eigenvalue weighted by Crippen LogP contribution is -2.28. The second-order valence-corrected chi connectivity index (χ2v) is 8.64. The Kier molecular flexibility index (Phi) is 5.72. The third-order valence-electron chi connectivity index (χ3n) is 3.79. The molecule has 0 radical (unpaired) electrons. The van der Waals surface area contributed by atoms with Gasteiger partial charge in [0.05, 0.1) is 10.5 Å². The highest BCUT2D eigenvalue weighted by molar-refractivity contribution is 7.99. The number of hydrogen-bond donors (Lipinski definition) is 1. The number of halogens is 3. The Morgan fingerprint density at radius 2 is 1.97 bits per heavy atom.